The highest BCUT2D eigenvalue weighted by atomic mass is 16.4. The summed E-state index contributed by atoms with van der Waals surface area (Å²) in [6.45, 7) is 6.31. The van der Waals surface area contributed by atoms with Crippen LogP contribution in [-0.4, -0.2) is 22.5 Å². The first kappa shape index (κ1) is 12.5. The third kappa shape index (κ3) is 2.25. The minimum atomic E-state index is -1.08. The van der Waals surface area contributed by atoms with Crippen LogP contribution in [0.4, 0.5) is 0 Å². The lowest BCUT2D eigenvalue weighted by molar-refractivity contribution is -0.151. The Balaban J connectivity index is 4.88. The van der Waals surface area contributed by atoms with Crippen molar-refractivity contribution < 1.29 is 14.7 Å². The number of aliphatic carboxylic acids is 1. The molecule has 0 aliphatic heterocycles. The van der Waals surface area contributed by atoms with Crippen LogP contribution in [-0.2, 0) is 9.59 Å². The molecule has 0 aromatic carbocycles. The van der Waals surface area contributed by atoms with E-state index in [-0.39, 0.29) is 0 Å². The normalized spacial score (nSPS) is 11.6. The second-order valence-electron chi connectivity index (χ2n) is 4.15. The fourth-order valence-corrected chi connectivity index (χ4v) is 0.743. The number of hydrogen-bond donors (Lipinski definition) is 2. The second kappa shape index (κ2) is 3.70. The molecule has 0 saturated carbocycles. The summed E-state index contributed by atoms with van der Waals surface area (Å²) < 4.78 is 0. The number of carboxylic acids is 1. The van der Waals surface area contributed by atoms with Gasteiger partial charge in [0.1, 0.15) is 0 Å². The lowest BCUT2D eigenvalue weighted by atomic mass is 9.74. The first-order valence-corrected chi connectivity index (χ1v) is 4.17. The van der Waals surface area contributed by atoms with E-state index in [1.165, 1.54) is 13.8 Å². The summed E-state index contributed by atoms with van der Waals surface area (Å²) in [6.07, 6.45) is 4.89. The Kier molecular flexibility index (Phi) is 3.31. The van der Waals surface area contributed by atoms with Crippen LogP contribution >= 0.6 is 0 Å². The lowest BCUT2D eigenvalue weighted by Gasteiger charge is -2.38. The molecule has 0 fully saturated rings. The van der Waals surface area contributed by atoms with E-state index in [2.05, 4.69) is 5.32 Å². The molecule has 78 valence electrons. The van der Waals surface area contributed by atoms with Gasteiger partial charge in [0.15, 0.2) is 0 Å². The van der Waals surface area contributed by atoms with Gasteiger partial charge < -0.3 is 10.4 Å². The quantitative estimate of drug-likeness (QED) is 0.652. The molecular formula is C10H15NO3. The van der Waals surface area contributed by atoms with Crippen molar-refractivity contribution in [2.24, 2.45) is 5.41 Å². The van der Waals surface area contributed by atoms with Crippen molar-refractivity contribution in [3.05, 3.63) is 0 Å². The summed E-state index contributed by atoms with van der Waals surface area (Å²) in [4.78, 5) is 21.9. The van der Waals surface area contributed by atoms with E-state index in [9.17, 15) is 9.59 Å². The third-order valence-electron chi connectivity index (χ3n) is 2.65. The van der Waals surface area contributed by atoms with Gasteiger partial charge in [-0.3, -0.25) is 9.59 Å². The van der Waals surface area contributed by atoms with Gasteiger partial charge >= 0.3 is 5.97 Å². The van der Waals surface area contributed by atoms with Crippen molar-refractivity contribution in [2.45, 2.75) is 33.2 Å². The number of hydrogen-bond acceptors (Lipinski definition) is 2. The minimum Gasteiger partial charge on any atom is -0.481 e. The molecular weight excluding hydrogens is 182 g/mol. The average Bonchev–Trinajstić information content (AvgIpc) is 2.02. The molecule has 0 saturated heterocycles. The summed E-state index contributed by atoms with van der Waals surface area (Å²) in [5.41, 5.74) is -1.98. The van der Waals surface area contributed by atoms with Crippen molar-refractivity contribution >= 4 is 11.9 Å². The molecule has 0 aliphatic rings. The monoisotopic (exact) mass is 197 g/mol. The summed E-state index contributed by atoms with van der Waals surface area (Å²) in [5, 5.41) is 11.4. The largest absolute Gasteiger partial charge is 0.481 e. The first-order valence-electron chi connectivity index (χ1n) is 4.17. The van der Waals surface area contributed by atoms with Crippen molar-refractivity contribution in [1.29, 1.82) is 0 Å². The fraction of sp³-hybridized carbons (Fsp3) is 0.600. The van der Waals surface area contributed by atoms with Crippen LogP contribution in [0.1, 0.15) is 27.7 Å². The molecule has 0 bridgehead atoms. The number of rotatable bonds is 3. The highest BCUT2D eigenvalue weighted by Gasteiger charge is 2.44. The van der Waals surface area contributed by atoms with Crippen molar-refractivity contribution in [3.8, 4) is 12.3 Å². The summed E-state index contributed by atoms with van der Waals surface area (Å²) in [5.74, 6) is 0.296. The minimum absolute atomic E-state index is 0.607. The SMILES string of the molecule is C#CC(=O)NC(C)(C)C(C)(C)C(=O)O. The van der Waals surface area contributed by atoms with Crippen LogP contribution in [0.2, 0.25) is 0 Å². The van der Waals surface area contributed by atoms with Crippen molar-refractivity contribution in [2.75, 3.05) is 0 Å². The Morgan fingerprint density at radius 1 is 1.29 bits per heavy atom. The molecule has 0 unspecified atom stereocenters. The van der Waals surface area contributed by atoms with Crippen LogP contribution < -0.4 is 5.32 Å². The standard InChI is InChI=1S/C10H15NO3/c1-6-7(12)11-10(4,5)9(2,3)8(13)14/h1H,2-5H3,(H,11,12)(H,13,14). The van der Waals surface area contributed by atoms with Gasteiger partial charge in [-0.2, -0.15) is 0 Å². The molecule has 4 nitrogen and oxygen atoms in total. The summed E-state index contributed by atoms with van der Waals surface area (Å²) in [6, 6.07) is 0. The third-order valence-corrected chi connectivity index (χ3v) is 2.65. The maximum atomic E-state index is 11.0. The van der Waals surface area contributed by atoms with Gasteiger partial charge in [-0.15, -0.1) is 6.42 Å². The van der Waals surface area contributed by atoms with Gasteiger partial charge in [0.25, 0.3) is 5.91 Å². The van der Waals surface area contributed by atoms with Gasteiger partial charge in [-0.1, -0.05) is 0 Å². The van der Waals surface area contributed by atoms with Crippen molar-refractivity contribution in [3.63, 3.8) is 0 Å². The highest BCUT2D eigenvalue weighted by molar-refractivity contribution is 5.94. The molecule has 0 heterocycles. The molecule has 0 radical (unpaired) electrons. The Morgan fingerprint density at radius 2 is 1.71 bits per heavy atom. The van der Waals surface area contributed by atoms with E-state index in [1.807, 2.05) is 5.92 Å². The van der Waals surface area contributed by atoms with Gasteiger partial charge in [0.2, 0.25) is 0 Å². The van der Waals surface area contributed by atoms with Gasteiger partial charge in [0, 0.05) is 0 Å². The number of carboxylic acid groups (broad SMARTS) is 1. The van der Waals surface area contributed by atoms with E-state index < -0.39 is 22.8 Å². The Bertz CT molecular complexity index is 297. The highest BCUT2D eigenvalue weighted by Crippen LogP contribution is 2.30. The molecule has 2 N–H and O–H groups in total. The van der Waals surface area contributed by atoms with Gasteiger partial charge in [0.05, 0.1) is 11.0 Å². The average molecular weight is 197 g/mol. The molecule has 4 heteroatoms. The van der Waals surface area contributed by atoms with E-state index in [0.29, 0.717) is 0 Å². The first-order chi connectivity index (χ1) is 6.15. The number of nitrogens with one attached hydrogen (secondary N) is 1. The number of amides is 1. The topological polar surface area (TPSA) is 66.4 Å². The van der Waals surface area contributed by atoms with E-state index in [0.717, 1.165) is 0 Å². The molecule has 0 spiro atoms. The van der Waals surface area contributed by atoms with Crippen molar-refractivity contribution in [1.82, 2.24) is 5.32 Å². The zero-order valence-electron chi connectivity index (χ0n) is 8.84. The Hall–Kier alpha value is -1.50. The van der Waals surface area contributed by atoms with Crippen LogP contribution in [0.5, 0.6) is 0 Å². The van der Waals surface area contributed by atoms with Gasteiger partial charge in [-0.05, 0) is 33.6 Å². The van der Waals surface area contributed by atoms with Crippen LogP contribution in [0.15, 0.2) is 0 Å². The van der Waals surface area contributed by atoms with E-state index in [1.54, 1.807) is 13.8 Å². The number of terminal acetylenes is 1. The maximum absolute atomic E-state index is 11.0. The summed E-state index contributed by atoms with van der Waals surface area (Å²) in [7, 11) is 0. The van der Waals surface area contributed by atoms with Gasteiger partial charge in [-0.25, -0.2) is 0 Å². The van der Waals surface area contributed by atoms with Crippen LogP contribution in [0.25, 0.3) is 0 Å². The van der Waals surface area contributed by atoms with Crippen LogP contribution in [0.3, 0.4) is 0 Å². The van der Waals surface area contributed by atoms with Crippen LogP contribution in [0, 0.1) is 17.8 Å². The lowest BCUT2D eigenvalue weighted by Crippen LogP contribution is -2.56. The predicted molar refractivity (Wildman–Crippen MR) is 52.5 cm³/mol. The molecule has 1 amide bonds. The summed E-state index contributed by atoms with van der Waals surface area (Å²) >= 11 is 0. The Morgan fingerprint density at radius 3 is 2.00 bits per heavy atom. The molecule has 0 rings (SSSR count). The molecule has 0 aliphatic carbocycles. The molecule has 0 atom stereocenters. The number of carbonyl (C=O) groups is 2. The van der Waals surface area contributed by atoms with E-state index >= 15 is 0 Å². The smallest absolute Gasteiger partial charge is 0.311 e. The fourth-order valence-electron chi connectivity index (χ4n) is 0.743. The van der Waals surface area contributed by atoms with E-state index in [4.69, 9.17) is 11.5 Å². The Labute approximate surface area is 83.7 Å². The molecule has 14 heavy (non-hydrogen) atoms. The second-order valence-corrected chi connectivity index (χ2v) is 4.15. The predicted octanol–water partition coefficient (Wildman–Crippen LogP) is 0.625. The molecule has 0 aromatic heterocycles. The molecule has 0 aromatic rings. The zero-order chi connectivity index (χ0) is 11.6. The zero-order valence-corrected chi connectivity index (χ0v) is 8.84. The number of carbonyl (C=O) groups excluding carboxylic acids is 1. The maximum Gasteiger partial charge on any atom is 0.311 e.